The van der Waals surface area contributed by atoms with Crippen LogP contribution < -0.4 is 5.32 Å². The van der Waals surface area contributed by atoms with Gasteiger partial charge in [-0.2, -0.15) is 0 Å². The van der Waals surface area contributed by atoms with Crippen LogP contribution in [0.1, 0.15) is 232 Å². The summed E-state index contributed by atoms with van der Waals surface area (Å²) in [5.74, 6) is 0. The van der Waals surface area contributed by atoms with Crippen LogP contribution in [0.2, 0.25) is 0 Å². The van der Waals surface area contributed by atoms with Crippen LogP contribution in [-0.4, -0.2) is 13.1 Å². The highest BCUT2D eigenvalue weighted by atomic mass is 79.9. The van der Waals surface area contributed by atoms with Gasteiger partial charge in [0.1, 0.15) is 0 Å². The third kappa shape index (κ3) is 36.5. The van der Waals surface area contributed by atoms with Crippen molar-refractivity contribution in [3.05, 3.63) is 0 Å². The van der Waals surface area contributed by atoms with E-state index in [1.807, 2.05) is 0 Å². The molecular weight excluding hydrogens is 550 g/mol. The summed E-state index contributed by atoms with van der Waals surface area (Å²) < 4.78 is 0. The summed E-state index contributed by atoms with van der Waals surface area (Å²) in [6, 6.07) is 0.767. The van der Waals surface area contributed by atoms with Crippen molar-refractivity contribution in [2.75, 3.05) is 7.05 Å². The van der Waals surface area contributed by atoms with E-state index in [-0.39, 0.29) is 17.0 Å². The maximum Gasteiger partial charge on any atom is 0.00640 e. The minimum Gasteiger partial charge on any atom is -0.317 e. The van der Waals surface area contributed by atoms with Crippen LogP contribution in [-0.2, 0) is 0 Å². The Bertz CT molecular complexity index is 376. The molecule has 0 aliphatic rings. The summed E-state index contributed by atoms with van der Waals surface area (Å²) in [7, 11) is 2.18. The van der Waals surface area contributed by atoms with Crippen LogP contribution in [0.5, 0.6) is 0 Å². The first-order valence-electron chi connectivity index (χ1n) is 19.0. The molecule has 2 heteroatoms. The molecule has 0 unspecified atom stereocenters. The molecule has 0 aromatic rings. The highest BCUT2D eigenvalue weighted by Crippen LogP contribution is 2.17. The minimum atomic E-state index is 0. The summed E-state index contributed by atoms with van der Waals surface area (Å²) in [6.07, 6.45) is 49.7. The highest BCUT2D eigenvalue weighted by Gasteiger charge is 2.05. The fraction of sp³-hybridized carbons (Fsp3) is 1.00. The van der Waals surface area contributed by atoms with E-state index >= 15 is 0 Å². The molecule has 0 bridgehead atoms. The topological polar surface area (TPSA) is 12.0 Å². The van der Waals surface area contributed by atoms with Crippen molar-refractivity contribution in [2.24, 2.45) is 0 Å². The number of nitrogens with one attached hydrogen (secondary N) is 1. The molecule has 0 fully saturated rings. The van der Waals surface area contributed by atoms with Gasteiger partial charge in [0, 0.05) is 6.04 Å². The van der Waals surface area contributed by atoms with Gasteiger partial charge in [-0.3, -0.25) is 0 Å². The predicted molar refractivity (Wildman–Crippen MR) is 191 cm³/mol. The van der Waals surface area contributed by atoms with Crippen LogP contribution in [0.4, 0.5) is 0 Å². The zero-order chi connectivity index (χ0) is 28.3. The van der Waals surface area contributed by atoms with Crippen LogP contribution in [0, 0.1) is 0 Å². The standard InChI is InChI=1S/C38H79N.BrH/c1-4-6-8-10-12-14-16-18-20-22-24-26-28-30-32-34-36-38(39-3)37-35-33-31-29-27-25-23-21-19-17-15-13-11-9-7-5-2;/h38-39H,4-37H2,1-3H3;1H. The molecule has 0 aliphatic carbocycles. The number of hydrogen-bond acceptors (Lipinski definition) is 1. The molecular formula is C38H80BrN. The molecule has 244 valence electrons. The molecule has 0 spiro atoms. The Morgan fingerprint density at radius 3 is 0.650 bits per heavy atom. The van der Waals surface area contributed by atoms with E-state index < -0.39 is 0 Å². The molecule has 0 saturated carbocycles. The summed E-state index contributed by atoms with van der Waals surface area (Å²) >= 11 is 0. The van der Waals surface area contributed by atoms with Gasteiger partial charge in [0.15, 0.2) is 0 Å². The lowest BCUT2D eigenvalue weighted by Gasteiger charge is -2.16. The zero-order valence-electron chi connectivity index (χ0n) is 28.5. The first-order valence-corrected chi connectivity index (χ1v) is 19.0. The Labute approximate surface area is 266 Å². The monoisotopic (exact) mass is 630 g/mol. The lowest BCUT2D eigenvalue weighted by molar-refractivity contribution is 0.434. The first kappa shape index (κ1) is 42.6. The maximum atomic E-state index is 3.61. The van der Waals surface area contributed by atoms with E-state index in [9.17, 15) is 0 Å². The van der Waals surface area contributed by atoms with Crippen molar-refractivity contribution < 1.29 is 0 Å². The Morgan fingerprint density at radius 1 is 0.300 bits per heavy atom. The fourth-order valence-corrected chi connectivity index (χ4v) is 6.31. The lowest BCUT2D eigenvalue weighted by Crippen LogP contribution is -2.24. The second kappa shape index (κ2) is 39.4. The first-order chi connectivity index (χ1) is 19.3. The van der Waals surface area contributed by atoms with E-state index in [0.29, 0.717) is 0 Å². The van der Waals surface area contributed by atoms with Crippen molar-refractivity contribution in [2.45, 2.75) is 238 Å². The number of unbranched alkanes of at least 4 members (excludes halogenated alkanes) is 30. The van der Waals surface area contributed by atoms with Crippen LogP contribution in [0.25, 0.3) is 0 Å². The van der Waals surface area contributed by atoms with Gasteiger partial charge < -0.3 is 5.32 Å². The normalized spacial score (nSPS) is 11.4. The molecule has 1 nitrogen and oxygen atoms in total. The quantitative estimate of drug-likeness (QED) is 0.0687. The summed E-state index contributed by atoms with van der Waals surface area (Å²) in [4.78, 5) is 0. The summed E-state index contributed by atoms with van der Waals surface area (Å²) in [5, 5.41) is 3.61. The lowest BCUT2D eigenvalue weighted by atomic mass is 9.99. The van der Waals surface area contributed by atoms with Gasteiger partial charge in [-0.15, -0.1) is 17.0 Å². The van der Waals surface area contributed by atoms with Gasteiger partial charge in [-0.05, 0) is 19.9 Å². The van der Waals surface area contributed by atoms with Crippen molar-refractivity contribution in [1.29, 1.82) is 0 Å². The van der Waals surface area contributed by atoms with Crippen molar-refractivity contribution in [1.82, 2.24) is 5.32 Å². The number of hydrogen-bond donors (Lipinski definition) is 1. The third-order valence-electron chi connectivity index (χ3n) is 9.22. The van der Waals surface area contributed by atoms with E-state index in [4.69, 9.17) is 0 Å². The molecule has 1 N–H and O–H groups in total. The van der Waals surface area contributed by atoms with Crippen molar-refractivity contribution in [3.63, 3.8) is 0 Å². The molecule has 0 heterocycles. The largest absolute Gasteiger partial charge is 0.317 e. The van der Waals surface area contributed by atoms with E-state index in [1.165, 1.54) is 218 Å². The van der Waals surface area contributed by atoms with E-state index in [0.717, 1.165) is 6.04 Å². The SMILES string of the molecule is Br.CCCCCCCCCCCCCCCCCCC(CCCCCCCCCCCCCCCCCC)NC. The average molecular weight is 631 g/mol. The van der Waals surface area contributed by atoms with E-state index in [1.54, 1.807) is 0 Å². The Morgan fingerprint density at radius 2 is 0.475 bits per heavy atom. The summed E-state index contributed by atoms with van der Waals surface area (Å²) in [5.41, 5.74) is 0. The van der Waals surface area contributed by atoms with E-state index in [2.05, 4.69) is 26.2 Å². The highest BCUT2D eigenvalue weighted by molar-refractivity contribution is 8.93. The minimum absolute atomic E-state index is 0. The summed E-state index contributed by atoms with van der Waals surface area (Å²) in [6.45, 7) is 4.62. The molecule has 0 aliphatic heterocycles. The molecule has 0 radical (unpaired) electrons. The van der Waals surface area contributed by atoms with Gasteiger partial charge >= 0.3 is 0 Å². The third-order valence-corrected chi connectivity index (χ3v) is 9.22. The molecule has 0 saturated heterocycles. The van der Waals surface area contributed by atoms with Gasteiger partial charge in [-0.25, -0.2) is 0 Å². The number of halogens is 1. The molecule has 0 rings (SSSR count). The molecule has 0 amide bonds. The number of rotatable bonds is 35. The second-order valence-electron chi connectivity index (χ2n) is 13.2. The van der Waals surface area contributed by atoms with Gasteiger partial charge in [-0.1, -0.05) is 219 Å². The van der Waals surface area contributed by atoms with Gasteiger partial charge in [0.25, 0.3) is 0 Å². The zero-order valence-corrected chi connectivity index (χ0v) is 30.2. The predicted octanol–water partition coefficient (Wildman–Crippen LogP) is 14.5. The smallest absolute Gasteiger partial charge is 0.00640 e. The Hall–Kier alpha value is 0.440. The second-order valence-corrected chi connectivity index (χ2v) is 13.2. The van der Waals surface area contributed by atoms with Crippen LogP contribution >= 0.6 is 17.0 Å². The maximum absolute atomic E-state index is 3.61. The molecule has 0 atom stereocenters. The van der Waals surface area contributed by atoms with Gasteiger partial charge in [0.05, 0.1) is 0 Å². The average Bonchev–Trinajstić information content (AvgIpc) is 2.95. The Kier molecular flexibility index (Phi) is 42.0. The van der Waals surface area contributed by atoms with Crippen LogP contribution in [0.15, 0.2) is 0 Å². The Balaban J connectivity index is 0. The fourth-order valence-electron chi connectivity index (χ4n) is 6.31. The molecule has 0 aromatic heterocycles. The van der Waals surface area contributed by atoms with Gasteiger partial charge in [0.2, 0.25) is 0 Å². The molecule has 40 heavy (non-hydrogen) atoms. The molecule has 0 aromatic carbocycles. The van der Waals surface area contributed by atoms with Crippen molar-refractivity contribution >= 4 is 17.0 Å². The van der Waals surface area contributed by atoms with Crippen molar-refractivity contribution in [3.8, 4) is 0 Å². The van der Waals surface area contributed by atoms with Crippen LogP contribution in [0.3, 0.4) is 0 Å².